The Bertz CT molecular complexity index is 1270. The Morgan fingerprint density at radius 1 is 1.14 bits per heavy atom. The molecule has 0 bridgehead atoms. The van der Waals surface area contributed by atoms with Crippen molar-refractivity contribution in [2.45, 2.75) is 45.8 Å². The summed E-state index contributed by atoms with van der Waals surface area (Å²) in [6.45, 7) is 8.61. The summed E-state index contributed by atoms with van der Waals surface area (Å²) in [5.74, 6) is -0.448. The second-order valence-electron chi connectivity index (χ2n) is 9.96. The minimum absolute atomic E-state index is 0.291. The van der Waals surface area contributed by atoms with Crippen molar-refractivity contribution in [1.82, 2.24) is 9.88 Å². The first kappa shape index (κ1) is 25.2. The first-order valence-corrected chi connectivity index (χ1v) is 12.1. The number of hydrogen-bond acceptors (Lipinski definition) is 6. The highest BCUT2D eigenvalue weighted by atomic mass is 16.6. The van der Waals surface area contributed by atoms with Crippen molar-refractivity contribution in [1.29, 1.82) is 0 Å². The molecule has 1 aliphatic rings. The number of pyridine rings is 1. The number of methoxy groups -OCH3 is 1. The van der Waals surface area contributed by atoms with Crippen molar-refractivity contribution < 1.29 is 19.1 Å². The fraction of sp³-hybridized carbons (Fsp3) is 0.345. The average Bonchev–Trinajstić information content (AvgIpc) is 2.85. The van der Waals surface area contributed by atoms with Crippen molar-refractivity contribution in [2.24, 2.45) is 0 Å². The van der Waals surface area contributed by atoms with E-state index >= 15 is 0 Å². The minimum atomic E-state index is -0.606. The van der Waals surface area contributed by atoms with E-state index < -0.39 is 11.6 Å². The molecule has 0 saturated heterocycles. The fourth-order valence-electron chi connectivity index (χ4n) is 4.57. The molecule has 2 heterocycles. The predicted octanol–water partition coefficient (Wildman–Crippen LogP) is 5.79. The van der Waals surface area contributed by atoms with Crippen molar-refractivity contribution in [3.8, 4) is 11.1 Å². The molecule has 3 aromatic rings. The highest BCUT2D eigenvalue weighted by molar-refractivity contribution is 5.95. The number of ether oxygens (including phenoxy) is 2. The predicted molar refractivity (Wildman–Crippen MR) is 140 cm³/mol. The zero-order chi connectivity index (χ0) is 25.9. The van der Waals surface area contributed by atoms with Gasteiger partial charge in [-0.05, 0) is 68.0 Å². The standard InChI is InChI=1S/C29H33N3O4/c1-19-8-6-7-9-22(19)20-10-11-23-21(16-20)13-15-32(28(34)36-29(2,3)4)26(23)18-31-25-17-30-14-12-24(25)27(33)35-5/h6-12,14,16-17,26,31H,13,15,18H2,1-5H3/t26-/m1/s1. The third-order valence-corrected chi connectivity index (χ3v) is 6.30. The molecule has 0 aliphatic carbocycles. The maximum Gasteiger partial charge on any atom is 0.410 e. The molecule has 0 spiro atoms. The normalized spacial score (nSPS) is 15.1. The van der Waals surface area contributed by atoms with Crippen LogP contribution < -0.4 is 5.32 Å². The van der Waals surface area contributed by atoms with Crippen molar-refractivity contribution >= 4 is 17.7 Å². The summed E-state index contributed by atoms with van der Waals surface area (Å²) in [6.07, 6.45) is 3.51. The van der Waals surface area contributed by atoms with E-state index in [1.54, 1.807) is 23.4 Å². The first-order valence-electron chi connectivity index (χ1n) is 12.1. The van der Waals surface area contributed by atoms with E-state index in [0.717, 1.165) is 17.5 Å². The average molecular weight is 488 g/mol. The van der Waals surface area contributed by atoms with Gasteiger partial charge in [0.2, 0.25) is 0 Å². The number of amides is 1. The Kier molecular flexibility index (Phi) is 7.29. The second kappa shape index (κ2) is 10.4. The van der Waals surface area contributed by atoms with E-state index in [9.17, 15) is 9.59 Å². The van der Waals surface area contributed by atoms with Gasteiger partial charge in [0.25, 0.3) is 0 Å². The van der Waals surface area contributed by atoms with Crippen molar-refractivity contribution in [2.75, 3.05) is 25.5 Å². The molecule has 7 nitrogen and oxygen atoms in total. The van der Waals surface area contributed by atoms with Gasteiger partial charge in [0, 0.05) is 19.3 Å². The lowest BCUT2D eigenvalue weighted by molar-refractivity contribution is 0.0153. The SMILES string of the molecule is COC(=O)c1ccncc1NC[C@@H]1c2ccc(-c3ccccc3C)cc2CCN1C(=O)OC(C)(C)C. The summed E-state index contributed by atoms with van der Waals surface area (Å²) in [6, 6.07) is 16.1. The largest absolute Gasteiger partial charge is 0.465 e. The van der Waals surface area contributed by atoms with E-state index in [1.165, 1.54) is 23.8 Å². The zero-order valence-electron chi connectivity index (χ0n) is 21.5. The van der Waals surface area contributed by atoms with Crippen LogP contribution in [0.1, 0.15) is 53.9 Å². The van der Waals surface area contributed by atoms with Gasteiger partial charge in [0.05, 0.1) is 30.6 Å². The maximum atomic E-state index is 13.2. The molecule has 1 atom stereocenters. The quantitative estimate of drug-likeness (QED) is 0.459. The number of benzene rings is 2. The van der Waals surface area contributed by atoms with Gasteiger partial charge in [-0.25, -0.2) is 9.59 Å². The summed E-state index contributed by atoms with van der Waals surface area (Å²) >= 11 is 0. The van der Waals surface area contributed by atoms with E-state index in [4.69, 9.17) is 9.47 Å². The van der Waals surface area contributed by atoms with E-state index in [1.807, 2.05) is 32.9 Å². The Labute approximate surface area is 212 Å². The number of aromatic nitrogens is 1. The minimum Gasteiger partial charge on any atom is -0.465 e. The van der Waals surface area contributed by atoms with E-state index in [0.29, 0.717) is 24.3 Å². The van der Waals surface area contributed by atoms with Crippen LogP contribution >= 0.6 is 0 Å². The number of esters is 1. The highest BCUT2D eigenvalue weighted by Gasteiger charge is 2.34. The van der Waals surface area contributed by atoms with Crippen LogP contribution in [0.5, 0.6) is 0 Å². The Balaban J connectivity index is 1.68. The van der Waals surface area contributed by atoms with Gasteiger partial charge in [0.1, 0.15) is 5.60 Å². The smallest absolute Gasteiger partial charge is 0.410 e. The molecule has 188 valence electrons. The molecular weight excluding hydrogens is 454 g/mol. The molecule has 7 heteroatoms. The van der Waals surface area contributed by atoms with Crippen LogP contribution in [0.2, 0.25) is 0 Å². The van der Waals surface area contributed by atoms with Gasteiger partial charge in [-0.1, -0.05) is 42.5 Å². The van der Waals surface area contributed by atoms with Gasteiger partial charge in [0.15, 0.2) is 0 Å². The number of aryl methyl sites for hydroxylation is 1. The van der Waals surface area contributed by atoms with Crippen molar-refractivity contribution in [3.63, 3.8) is 0 Å². The van der Waals surface area contributed by atoms with Gasteiger partial charge in [-0.15, -0.1) is 0 Å². The molecule has 0 fully saturated rings. The number of carbonyl (C=O) groups is 2. The lowest BCUT2D eigenvalue weighted by Crippen LogP contribution is -2.45. The van der Waals surface area contributed by atoms with Gasteiger partial charge in [-0.2, -0.15) is 0 Å². The topological polar surface area (TPSA) is 80.8 Å². The Morgan fingerprint density at radius 2 is 1.92 bits per heavy atom. The van der Waals surface area contributed by atoms with Gasteiger partial charge < -0.3 is 14.8 Å². The number of nitrogens with zero attached hydrogens (tertiary/aromatic N) is 2. The van der Waals surface area contributed by atoms with Crippen LogP contribution in [0.25, 0.3) is 11.1 Å². The molecule has 1 N–H and O–H groups in total. The number of rotatable bonds is 5. The molecule has 0 unspecified atom stereocenters. The highest BCUT2D eigenvalue weighted by Crippen LogP contribution is 2.35. The molecule has 0 radical (unpaired) electrons. The fourth-order valence-corrected chi connectivity index (χ4v) is 4.57. The van der Waals surface area contributed by atoms with Crippen LogP contribution in [0.15, 0.2) is 60.9 Å². The summed E-state index contributed by atoms with van der Waals surface area (Å²) in [5.41, 5.74) is 6.16. The molecule has 2 aromatic carbocycles. The third-order valence-electron chi connectivity index (χ3n) is 6.30. The maximum absolute atomic E-state index is 13.2. The number of fused-ring (bicyclic) bond motifs is 1. The van der Waals surface area contributed by atoms with Gasteiger partial charge in [-0.3, -0.25) is 9.88 Å². The Morgan fingerprint density at radius 3 is 2.64 bits per heavy atom. The summed E-state index contributed by atoms with van der Waals surface area (Å²) in [4.78, 5) is 31.3. The number of nitrogens with one attached hydrogen (secondary N) is 1. The lowest BCUT2D eigenvalue weighted by atomic mass is 9.89. The molecule has 0 saturated carbocycles. The molecule has 36 heavy (non-hydrogen) atoms. The van der Waals surface area contributed by atoms with Crippen LogP contribution in [0.4, 0.5) is 10.5 Å². The first-order chi connectivity index (χ1) is 17.2. The molecule has 1 amide bonds. The monoisotopic (exact) mass is 487 g/mol. The summed E-state index contributed by atoms with van der Waals surface area (Å²) in [5, 5.41) is 3.33. The van der Waals surface area contributed by atoms with Crippen LogP contribution in [0.3, 0.4) is 0 Å². The number of hydrogen-bond donors (Lipinski definition) is 1. The molecule has 1 aliphatic heterocycles. The second-order valence-corrected chi connectivity index (χ2v) is 9.96. The zero-order valence-corrected chi connectivity index (χ0v) is 21.5. The van der Waals surface area contributed by atoms with Crippen LogP contribution in [-0.4, -0.2) is 47.7 Å². The van der Waals surface area contributed by atoms with Gasteiger partial charge >= 0.3 is 12.1 Å². The Hall–Kier alpha value is -3.87. The van der Waals surface area contributed by atoms with Crippen molar-refractivity contribution in [3.05, 3.63) is 83.2 Å². The van der Waals surface area contributed by atoms with Crippen LogP contribution in [-0.2, 0) is 15.9 Å². The van der Waals surface area contributed by atoms with E-state index in [2.05, 4.69) is 47.6 Å². The number of anilines is 1. The number of carbonyl (C=O) groups excluding carboxylic acids is 2. The molecule has 1 aromatic heterocycles. The summed E-state index contributed by atoms with van der Waals surface area (Å²) < 4.78 is 10.6. The lowest BCUT2D eigenvalue weighted by Gasteiger charge is -2.38. The third kappa shape index (κ3) is 5.51. The summed E-state index contributed by atoms with van der Waals surface area (Å²) in [7, 11) is 1.35. The van der Waals surface area contributed by atoms with Crippen LogP contribution in [0, 0.1) is 6.92 Å². The van der Waals surface area contributed by atoms with E-state index in [-0.39, 0.29) is 12.1 Å². The molecular formula is C29H33N3O4. The molecule has 4 rings (SSSR count).